The van der Waals surface area contributed by atoms with Crippen molar-refractivity contribution in [2.45, 2.75) is 19.8 Å². The molecule has 10 heteroatoms. The maximum atomic E-state index is 13.2. The van der Waals surface area contributed by atoms with Crippen LogP contribution >= 0.6 is 11.6 Å². The first-order valence-electron chi connectivity index (χ1n) is 6.96. The minimum atomic E-state index is -0.590. The molecule has 0 atom stereocenters. The lowest BCUT2D eigenvalue weighted by Gasteiger charge is -2.04. The Morgan fingerprint density at radius 3 is 2.96 bits per heavy atom. The fourth-order valence-electron chi connectivity index (χ4n) is 1.82. The second-order valence-electron chi connectivity index (χ2n) is 4.54. The summed E-state index contributed by atoms with van der Waals surface area (Å²) in [5, 5.41) is 16.5. The molecular weight excluding hydrogens is 343 g/mol. The van der Waals surface area contributed by atoms with Crippen LogP contribution in [0.1, 0.15) is 24.7 Å². The van der Waals surface area contributed by atoms with Crippen molar-refractivity contribution in [2.75, 3.05) is 6.61 Å². The number of benzene rings is 1. The molecule has 0 radical (unpaired) electrons. The van der Waals surface area contributed by atoms with Crippen LogP contribution in [0.5, 0.6) is 0 Å². The number of amidine groups is 1. The topological polar surface area (TPSA) is 110 Å². The average Bonchev–Trinajstić information content (AvgIpc) is 3.02. The molecule has 2 rings (SSSR count). The van der Waals surface area contributed by atoms with E-state index in [0.717, 1.165) is 6.07 Å². The number of hydrogen-bond donors (Lipinski definition) is 2. The zero-order chi connectivity index (χ0) is 17.5. The van der Waals surface area contributed by atoms with Crippen LogP contribution in [0.25, 0.3) is 0 Å². The van der Waals surface area contributed by atoms with Gasteiger partial charge in [0, 0.05) is 6.42 Å². The molecule has 0 spiro atoms. The van der Waals surface area contributed by atoms with E-state index in [1.54, 1.807) is 6.92 Å². The molecule has 2 aromatic rings. The van der Waals surface area contributed by atoms with Gasteiger partial charge >= 0.3 is 5.97 Å². The summed E-state index contributed by atoms with van der Waals surface area (Å²) in [6.07, 6.45) is 0.249. The van der Waals surface area contributed by atoms with Crippen LogP contribution in [0.2, 0.25) is 5.02 Å². The van der Waals surface area contributed by atoms with Gasteiger partial charge in [-0.15, -0.1) is 0 Å². The van der Waals surface area contributed by atoms with Gasteiger partial charge in [-0.05, 0) is 30.3 Å². The summed E-state index contributed by atoms with van der Waals surface area (Å²) in [5.74, 6) is -1.07. The third-order valence-electron chi connectivity index (χ3n) is 2.90. The zero-order valence-corrected chi connectivity index (χ0v) is 13.4. The molecule has 1 heterocycles. The van der Waals surface area contributed by atoms with Gasteiger partial charge < -0.3 is 4.74 Å². The first-order chi connectivity index (χ1) is 11.5. The zero-order valence-electron chi connectivity index (χ0n) is 12.6. The van der Waals surface area contributed by atoms with Crippen LogP contribution < -0.4 is 5.48 Å². The summed E-state index contributed by atoms with van der Waals surface area (Å²) in [4.78, 5) is 15.5. The van der Waals surface area contributed by atoms with Crippen molar-refractivity contribution in [1.29, 1.82) is 0 Å². The van der Waals surface area contributed by atoms with E-state index in [4.69, 9.17) is 16.3 Å². The number of nitrogens with one attached hydrogen (secondary N) is 1. The number of aryl methyl sites for hydroxylation is 1. The normalized spacial score (nSPS) is 11.4. The molecule has 0 aliphatic rings. The number of aromatic nitrogens is 2. The Morgan fingerprint density at radius 1 is 1.50 bits per heavy atom. The molecule has 0 aliphatic heterocycles. The summed E-state index contributed by atoms with van der Waals surface area (Å²) >= 11 is 5.69. The van der Waals surface area contributed by atoms with Crippen molar-refractivity contribution in [3.8, 4) is 0 Å². The van der Waals surface area contributed by atoms with E-state index in [2.05, 4.69) is 19.9 Å². The van der Waals surface area contributed by atoms with Gasteiger partial charge in [0.15, 0.2) is 11.5 Å². The Morgan fingerprint density at radius 2 is 2.29 bits per heavy atom. The summed E-state index contributed by atoms with van der Waals surface area (Å²) in [6, 6.07) is 3.78. The molecule has 1 aromatic carbocycles. The highest BCUT2D eigenvalue weighted by Crippen LogP contribution is 2.22. The quantitative estimate of drug-likeness (QED) is 0.354. The maximum Gasteiger partial charge on any atom is 0.306 e. The first-order valence-corrected chi connectivity index (χ1v) is 7.34. The summed E-state index contributed by atoms with van der Waals surface area (Å²) in [5.41, 5.74) is 2.57. The molecule has 0 aliphatic carbocycles. The van der Waals surface area contributed by atoms with Gasteiger partial charge in [-0.25, -0.2) is 14.0 Å². The minimum Gasteiger partial charge on any atom is -0.466 e. The van der Waals surface area contributed by atoms with Gasteiger partial charge in [0.05, 0.1) is 23.7 Å². The Labute approximate surface area is 141 Å². The maximum absolute atomic E-state index is 13.2. The number of carbonyl (C=O) groups excluding carboxylic acids is 1. The van der Waals surface area contributed by atoms with Crippen molar-refractivity contribution in [3.05, 3.63) is 40.4 Å². The lowest BCUT2D eigenvalue weighted by Crippen LogP contribution is -2.22. The second kappa shape index (κ2) is 8.37. The van der Waals surface area contributed by atoms with Crippen LogP contribution in [0.4, 0.5) is 10.1 Å². The van der Waals surface area contributed by atoms with Gasteiger partial charge in [0.2, 0.25) is 0 Å². The fourth-order valence-corrected chi connectivity index (χ4v) is 1.99. The number of aliphatic imine (C=N–C) groups is 1. The van der Waals surface area contributed by atoms with E-state index in [1.165, 1.54) is 12.1 Å². The lowest BCUT2D eigenvalue weighted by molar-refractivity contribution is -0.143. The van der Waals surface area contributed by atoms with Gasteiger partial charge in [-0.1, -0.05) is 16.8 Å². The molecule has 8 nitrogen and oxygen atoms in total. The van der Waals surface area contributed by atoms with Gasteiger partial charge in [-0.3, -0.25) is 15.5 Å². The van der Waals surface area contributed by atoms with E-state index in [9.17, 15) is 14.4 Å². The van der Waals surface area contributed by atoms with Gasteiger partial charge in [0.1, 0.15) is 11.5 Å². The van der Waals surface area contributed by atoms with E-state index in [0.29, 0.717) is 5.69 Å². The van der Waals surface area contributed by atoms with Crippen molar-refractivity contribution in [3.63, 3.8) is 0 Å². The number of carbonyl (C=O) groups is 1. The van der Waals surface area contributed by atoms with Crippen LogP contribution in [0.3, 0.4) is 0 Å². The molecule has 24 heavy (non-hydrogen) atoms. The number of halogens is 2. The van der Waals surface area contributed by atoms with E-state index < -0.39 is 11.8 Å². The average molecular weight is 357 g/mol. The van der Waals surface area contributed by atoms with Crippen molar-refractivity contribution in [2.24, 2.45) is 4.99 Å². The molecular formula is C14H14ClFN4O4. The molecule has 128 valence electrons. The number of ether oxygens (including phenoxy) is 1. The molecule has 1 aromatic heterocycles. The third kappa shape index (κ3) is 4.49. The van der Waals surface area contributed by atoms with Crippen LogP contribution in [0.15, 0.2) is 27.8 Å². The number of esters is 1. The second-order valence-corrected chi connectivity index (χ2v) is 4.94. The fraction of sp³-hybridized carbons (Fsp3) is 0.286. The predicted molar refractivity (Wildman–Crippen MR) is 81.8 cm³/mol. The number of hydrogen-bond acceptors (Lipinski definition) is 7. The SMILES string of the molecule is CCOC(=O)CCc1nonc1C(=Nc1ccc(F)c(Cl)c1)NO. The molecule has 2 N–H and O–H groups in total. The van der Waals surface area contributed by atoms with Crippen LogP contribution in [0, 0.1) is 5.82 Å². The first kappa shape index (κ1) is 17.8. The lowest BCUT2D eigenvalue weighted by atomic mass is 10.2. The van der Waals surface area contributed by atoms with Crippen LogP contribution in [-0.2, 0) is 16.0 Å². The van der Waals surface area contributed by atoms with Crippen molar-refractivity contribution in [1.82, 2.24) is 15.8 Å². The number of hydroxylamine groups is 1. The Bertz CT molecular complexity index is 750. The van der Waals surface area contributed by atoms with Crippen molar-refractivity contribution >= 4 is 29.1 Å². The van der Waals surface area contributed by atoms with E-state index in [1.807, 2.05) is 5.48 Å². The molecule has 0 unspecified atom stereocenters. The highest BCUT2D eigenvalue weighted by molar-refractivity contribution is 6.31. The molecule has 0 bridgehead atoms. The standard InChI is InChI=1S/C14H14ClFN4O4/c1-2-23-12(21)6-5-11-13(20-24-19-11)14(18-22)17-8-3-4-10(16)9(15)7-8/h3-4,7,22H,2,5-6H2,1H3,(H,17,18). The Kier molecular flexibility index (Phi) is 6.21. The smallest absolute Gasteiger partial charge is 0.306 e. The Balaban J connectivity index is 2.21. The van der Waals surface area contributed by atoms with E-state index >= 15 is 0 Å². The number of nitrogens with zero attached hydrogens (tertiary/aromatic N) is 3. The summed E-state index contributed by atoms with van der Waals surface area (Å²) in [7, 11) is 0. The van der Waals surface area contributed by atoms with Gasteiger partial charge in [-0.2, -0.15) is 0 Å². The third-order valence-corrected chi connectivity index (χ3v) is 3.19. The molecule has 0 saturated heterocycles. The predicted octanol–water partition coefficient (Wildman–Crippen LogP) is 2.41. The summed E-state index contributed by atoms with van der Waals surface area (Å²) < 4.78 is 22.6. The number of rotatable bonds is 6. The summed E-state index contributed by atoms with van der Waals surface area (Å²) in [6.45, 7) is 1.98. The van der Waals surface area contributed by atoms with E-state index in [-0.39, 0.29) is 41.7 Å². The molecule has 0 saturated carbocycles. The molecule has 0 fully saturated rings. The van der Waals surface area contributed by atoms with Gasteiger partial charge in [0.25, 0.3) is 0 Å². The Hall–Kier alpha value is -2.52. The monoisotopic (exact) mass is 356 g/mol. The van der Waals surface area contributed by atoms with Crippen molar-refractivity contribution < 1.29 is 23.8 Å². The highest BCUT2D eigenvalue weighted by Gasteiger charge is 2.18. The largest absolute Gasteiger partial charge is 0.466 e. The van der Waals surface area contributed by atoms with Crippen LogP contribution in [-0.4, -0.2) is 33.9 Å². The minimum absolute atomic E-state index is 0.0656. The highest BCUT2D eigenvalue weighted by atomic mass is 35.5. The molecule has 0 amide bonds.